The highest BCUT2D eigenvalue weighted by Crippen LogP contribution is 2.22. The third-order valence-corrected chi connectivity index (χ3v) is 4.82. The Balaban J connectivity index is 2.12. The molecule has 0 spiro atoms. The summed E-state index contributed by atoms with van der Waals surface area (Å²) in [5, 5.41) is 0. The van der Waals surface area contributed by atoms with Crippen molar-refractivity contribution in [2.45, 2.75) is 19.8 Å². The molecule has 0 aliphatic heterocycles. The first-order valence-corrected chi connectivity index (χ1v) is 8.44. The smallest absolute Gasteiger partial charge is 0.233 e. The van der Waals surface area contributed by atoms with E-state index in [2.05, 4.69) is 4.72 Å². The Hall–Kier alpha value is -2.01. The molecule has 3 N–H and O–H groups in total. The Morgan fingerprint density at radius 3 is 2.43 bits per heavy atom. The summed E-state index contributed by atoms with van der Waals surface area (Å²) in [7, 11) is -3.41. The van der Waals surface area contributed by atoms with Crippen molar-refractivity contribution in [1.29, 1.82) is 0 Å². The fourth-order valence-electron chi connectivity index (χ4n) is 2.22. The van der Waals surface area contributed by atoms with Crippen LogP contribution in [-0.2, 0) is 10.0 Å². The predicted molar refractivity (Wildman–Crippen MR) is 87.9 cm³/mol. The van der Waals surface area contributed by atoms with Gasteiger partial charge in [-0.3, -0.25) is 4.72 Å². The molecule has 1 unspecified atom stereocenters. The van der Waals surface area contributed by atoms with E-state index in [0.29, 0.717) is 11.4 Å². The van der Waals surface area contributed by atoms with Crippen LogP contribution in [-0.4, -0.2) is 14.2 Å². The molecule has 2 aromatic rings. The molecule has 0 bridgehead atoms. The summed E-state index contributed by atoms with van der Waals surface area (Å²) in [6, 6.07) is 14.7. The van der Waals surface area contributed by atoms with Gasteiger partial charge >= 0.3 is 0 Å². The molecule has 0 heterocycles. The zero-order valence-corrected chi connectivity index (χ0v) is 13.0. The van der Waals surface area contributed by atoms with E-state index in [-0.39, 0.29) is 11.7 Å². The molecule has 1 atom stereocenters. The number of nitrogens with two attached hydrogens (primary N) is 1. The highest BCUT2D eigenvalue weighted by molar-refractivity contribution is 7.92. The van der Waals surface area contributed by atoms with Gasteiger partial charge < -0.3 is 5.73 Å². The van der Waals surface area contributed by atoms with E-state index in [1.54, 1.807) is 18.2 Å². The van der Waals surface area contributed by atoms with Crippen molar-refractivity contribution < 1.29 is 8.42 Å². The molecular weight excluding hydrogens is 284 g/mol. The zero-order valence-electron chi connectivity index (χ0n) is 12.2. The van der Waals surface area contributed by atoms with Gasteiger partial charge in [0.2, 0.25) is 10.0 Å². The van der Waals surface area contributed by atoms with Crippen molar-refractivity contribution in [2.24, 2.45) is 0 Å². The molecule has 21 heavy (non-hydrogen) atoms. The van der Waals surface area contributed by atoms with Gasteiger partial charge in [0.15, 0.2) is 0 Å². The van der Waals surface area contributed by atoms with Gasteiger partial charge in [-0.1, -0.05) is 37.3 Å². The Labute approximate surface area is 126 Å². The van der Waals surface area contributed by atoms with Crippen LogP contribution >= 0.6 is 0 Å². The summed E-state index contributed by atoms with van der Waals surface area (Å²) in [6.45, 7) is 3.74. The molecule has 5 heteroatoms. The molecule has 2 rings (SSSR count). The minimum atomic E-state index is -3.41. The number of nitrogens with one attached hydrogen (secondary N) is 1. The molecular formula is C16H20N2O2S. The predicted octanol–water partition coefficient (Wildman–Crippen LogP) is 3.12. The van der Waals surface area contributed by atoms with Crippen molar-refractivity contribution in [3.63, 3.8) is 0 Å². The molecule has 2 aromatic carbocycles. The van der Waals surface area contributed by atoms with Crippen LogP contribution in [0.15, 0.2) is 48.5 Å². The normalized spacial score (nSPS) is 12.9. The van der Waals surface area contributed by atoms with Crippen molar-refractivity contribution in [2.75, 3.05) is 16.2 Å². The second kappa shape index (κ2) is 6.18. The second-order valence-corrected chi connectivity index (χ2v) is 7.04. The first-order chi connectivity index (χ1) is 9.87. The van der Waals surface area contributed by atoms with Crippen LogP contribution in [0.5, 0.6) is 0 Å². The average molecular weight is 304 g/mol. The quantitative estimate of drug-likeness (QED) is 0.834. The molecule has 0 amide bonds. The maximum absolute atomic E-state index is 12.3. The van der Waals surface area contributed by atoms with E-state index < -0.39 is 10.0 Å². The van der Waals surface area contributed by atoms with Gasteiger partial charge in [-0.2, -0.15) is 0 Å². The lowest BCUT2D eigenvalue weighted by atomic mass is 10.0. The summed E-state index contributed by atoms with van der Waals surface area (Å²) >= 11 is 0. The molecule has 0 saturated heterocycles. The Bertz CT molecular complexity index is 712. The van der Waals surface area contributed by atoms with Gasteiger partial charge in [0, 0.05) is 5.69 Å². The van der Waals surface area contributed by atoms with Crippen LogP contribution in [0, 0.1) is 6.92 Å². The second-order valence-electron chi connectivity index (χ2n) is 5.27. The fourth-order valence-corrected chi connectivity index (χ4v) is 3.72. The maximum Gasteiger partial charge on any atom is 0.233 e. The Kier molecular flexibility index (Phi) is 4.53. The third-order valence-electron chi connectivity index (χ3n) is 3.35. The van der Waals surface area contributed by atoms with Crippen LogP contribution in [0.2, 0.25) is 0 Å². The molecule has 0 saturated carbocycles. The summed E-state index contributed by atoms with van der Waals surface area (Å²) in [4.78, 5) is 0. The summed E-state index contributed by atoms with van der Waals surface area (Å²) in [5.41, 5.74) is 8.69. The SMILES string of the molecule is Cc1cc(N)ccc1NS(=O)(=O)CC(C)c1ccccc1. The zero-order chi connectivity index (χ0) is 15.5. The number of benzene rings is 2. The van der Waals surface area contributed by atoms with Crippen LogP contribution in [0.4, 0.5) is 11.4 Å². The largest absolute Gasteiger partial charge is 0.399 e. The van der Waals surface area contributed by atoms with Gasteiger partial charge in [0.1, 0.15) is 0 Å². The van der Waals surface area contributed by atoms with Gasteiger partial charge in [-0.05, 0) is 42.2 Å². The first kappa shape index (κ1) is 15.4. The standard InChI is InChI=1S/C16H20N2O2S/c1-12-10-15(17)8-9-16(12)18-21(19,20)11-13(2)14-6-4-3-5-7-14/h3-10,13,18H,11,17H2,1-2H3. The highest BCUT2D eigenvalue weighted by Gasteiger charge is 2.17. The minimum Gasteiger partial charge on any atom is -0.399 e. The van der Waals surface area contributed by atoms with E-state index >= 15 is 0 Å². The topological polar surface area (TPSA) is 72.2 Å². The molecule has 0 radical (unpaired) electrons. The van der Waals surface area contributed by atoms with Gasteiger partial charge in [-0.15, -0.1) is 0 Å². The summed E-state index contributed by atoms with van der Waals surface area (Å²) in [5.74, 6) is -0.0290. The monoisotopic (exact) mass is 304 g/mol. The van der Waals surface area contributed by atoms with Gasteiger partial charge in [-0.25, -0.2) is 8.42 Å². The molecule has 0 fully saturated rings. The van der Waals surface area contributed by atoms with Gasteiger partial charge in [0.05, 0.1) is 11.4 Å². The number of aryl methyl sites for hydroxylation is 1. The number of nitrogen functional groups attached to an aromatic ring is 1. The van der Waals surface area contributed by atoms with Crippen LogP contribution in [0.1, 0.15) is 24.0 Å². The van der Waals surface area contributed by atoms with Crippen LogP contribution in [0.25, 0.3) is 0 Å². The van der Waals surface area contributed by atoms with E-state index in [1.807, 2.05) is 44.2 Å². The summed E-state index contributed by atoms with van der Waals surface area (Å²) < 4.78 is 27.2. The highest BCUT2D eigenvalue weighted by atomic mass is 32.2. The average Bonchev–Trinajstić information content (AvgIpc) is 2.42. The van der Waals surface area contributed by atoms with Crippen LogP contribution < -0.4 is 10.5 Å². The van der Waals surface area contributed by atoms with E-state index in [0.717, 1.165) is 11.1 Å². The number of hydrogen-bond donors (Lipinski definition) is 2. The van der Waals surface area contributed by atoms with Crippen molar-refractivity contribution in [1.82, 2.24) is 0 Å². The molecule has 4 nitrogen and oxygen atoms in total. The van der Waals surface area contributed by atoms with Crippen molar-refractivity contribution >= 4 is 21.4 Å². The molecule has 0 aromatic heterocycles. The Morgan fingerprint density at radius 2 is 1.81 bits per heavy atom. The number of rotatable bonds is 5. The first-order valence-electron chi connectivity index (χ1n) is 6.79. The number of anilines is 2. The Morgan fingerprint density at radius 1 is 1.14 bits per heavy atom. The minimum absolute atomic E-state index is 0.0425. The van der Waals surface area contributed by atoms with Crippen LogP contribution in [0.3, 0.4) is 0 Å². The van der Waals surface area contributed by atoms with Crippen molar-refractivity contribution in [3.8, 4) is 0 Å². The maximum atomic E-state index is 12.3. The molecule has 112 valence electrons. The number of hydrogen-bond acceptors (Lipinski definition) is 3. The van der Waals surface area contributed by atoms with E-state index in [4.69, 9.17) is 5.73 Å². The fraction of sp³-hybridized carbons (Fsp3) is 0.250. The summed E-state index contributed by atoms with van der Waals surface area (Å²) in [6.07, 6.45) is 0. The molecule has 0 aliphatic rings. The van der Waals surface area contributed by atoms with Gasteiger partial charge in [0.25, 0.3) is 0 Å². The lowest BCUT2D eigenvalue weighted by Gasteiger charge is -2.15. The lowest BCUT2D eigenvalue weighted by Crippen LogP contribution is -2.21. The van der Waals surface area contributed by atoms with E-state index in [1.165, 1.54) is 0 Å². The molecule has 0 aliphatic carbocycles. The third kappa shape index (κ3) is 4.23. The van der Waals surface area contributed by atoms with E-state index in [9.17, 15) is 8.42 Å². The lowest BCUT2D eigenvalue weighted by molar-refractivity contribution is 0.595. The number of sulfonamides is 1. The van der Waals surface area contributed by atoms with Crippen molar-refractivity contribution in [3.05, 3.63) is 59.7 Å².